The summed E-state index contributed by atoms with van der Waals surface area (Å²) < 4.78 is 15.0. The van der Waals surface area contributed by atoms with Crippen molar-refractivity contribution >= 4 is 16.9 Å². The third kappa shape index (κ3) is 4.35. The molecule has 0 saturated carbocycles. The molecule has 0 aliphatic heterocycles. The van der Waals surface area contributed by atoms with Gasteiger partial charge >= 0.3 is 0 Å². The number of carbonyl (C=O) groups is 1. The van der Waals surface area contributed by atoms with Crippen LogP contribution in [0.3, 0.4) is 0 Å². The molecular weight excluding hydrogens is 341 g/mol. The molecule has 3 aromatic rings. The standard InChI is InChI=1S/C22H26FN3O/c1-4-5-6-15(2)14-24-22(27)21-25-19-13-17(9-12-20(19)26(21)3)16-7-10-18(23)11-8-16/h7-13,15H,4-6,14H2,1-3H3,(H,24,27)/t15-/m1/s1. The number of hydrogen-bond acceptors (Lipinski definition) is 2. The van der Waals surface area contributed by atoms with E-state index in [1.807, 2.05) is 29.8 Å². The molecule has 1 aromatic heterocycles. The van der Waals surface area contributed by atoms with Gasteiger partial charge in [-0.15, -0.1) is 0 Å². The van der Waals surface area contributed by atoms with Crippen LogP contribution in [0.5, 0.6) is 0 Å². The average molecular weight is 367 g/mol. The van der Waals surface area contributed by atoms with Gasteiger partial charge in [-0.25, -0.2) is 9.37 Å². The predicted molar refractivity (Wildman–Crippen MR) is 107 cm³/mol. The monoisotopic (exact) mass is 367 g/mol. The van der Waals surface area contributed by atoms with Crippen molar-refractivity contribution in [1.29, 1.82) is 0 Å². The maximum Gasteiger partial charge on any atom is 0.287 e. The molecule has 27 heavy (non-hydrogen) atoms. The quantitative estimate of drug-likeness (QED) is 0.643. The lowest BCUT2D eigenvalue weighted by Crippen LogP contribution is -2.30. The van der Waals surface area contributed by atoms with Gasteiger partial charge in [0.2, 0.25) is 0 Å². The van der Waals surface area contributed by atoms with Crippen molar-refractivity contribution in [2.75, 3.05) is 6.54 Å². The number of amides is 1. The molecule has 0 bridgehead atoms. The molecule has 142 valence electrons. The van der Waals surface area contributed by atoms with E-state index >= 15 is 0 Å². The van der Waals surface area contributed by atoms with E-state index < -0.39 is 0 Å². The van der Waals surface area contributed by atoms with Crippen LogP contribution in [-0.4, -0.2) is 22.0 Å². The van der Waals surface area contributed by atoms with Crippen molar-refractivity contribution in [2.45, 2.75) is 33.1 Å². The zero-order valence-electron chi connectivity index (χ0n) is 16.1. The van der Waals surface area contributed by atoms with Crippen LogP contribution < -0.4 is 5.32 Å². The first kappa shape index (κ1) is 19.1. The van der Waals surface area contributed by atoms with Crippen LogP contribution in [0.4, 0.5) is 4.39 Å². The normalized spacial score (nSPS) is 12.3. The number of fused-ring (bicyclic) bond motifs is 1. The molecule has 1 atom stereocenters. The van der Waals surface area contributed by atoms with E-state index in [0.717, 1.165) is 28.6 Å². The zero-order valence-corrected chi connectivity index (χ0v) is 16.1. The number of benzene rings is 2. The van der Waals surface area contributed by atoms with Gasteiger partial charge in [0.1, 0.15) is 5.82 Å². The van der Waals surface area contributed by atoms with E-state index in [-0.39, 0.29) is 11.7 Å². The first-order chi connectivity index (χ1) is 13.0. The minimum absolute atomic E-state index is 0.152. The van der Waals surface area contributed by atoms with E-state index in [9.17, 15) is 9.18 Å². The SMILES string of the molecule is CCCC[C@@H](C)CNC(=O)c1nc2cc(-c3ccc(F)cc3)ccc2n1C. The summed E-state index contributed by atoms with van der Waals surface area (Å²) in [5, 5.41) is 3.00. The van der Waals surface area contributed by atoms with Gasteiger partial charge < -0.3 is 9.88 Å². The zero-order chi connectivity index (χ0) is 19.4. The number of hydrogen-bond donors (Lipinski definition) is 1. The van der Waals surface area contributed by atoms with Crippen molar-refractivity contribution in [3.05, 3.63) is 54.1 Å². The number of aromatic nitrogens is 2. The Balaban J connectivity index is 1.79. The fourth-order valence-corrected chi connectivity index (χ4v) is 3.23. The lowest BCUT2D eigenvalue weighted by Gasteiger charge is -2.11. The third-order valence-electron chi connectivity index (χ3n) is 4.92. The second kappa shape index (κ2) is 8.33. The van der Waals surface area contributed by atoms with E-state index in [4.69, 9.17) is 0 Å². The molecule has 0 aliphatic carbocycles. The molecule has 2 aromatic carbocycles. The Bertz CT molecular complexity index is 931. The van der Waals surface area contributed by atoms with Gasteiger partial charge in [-0.3, -0.25) is 4.79 Å². The van der Waals surface area contributed by atoms with Crippen LogP contribution in [-0.2, 0) is 7.05 Å². The summed E-state index contributed by atoms with van der Waals surface area (Å²) in [7, 11) is 1.85. The van der Waals surface area contributed by atoms with Gasteiger partial charge in [-0.05, 0) is 47.7 Å². The molecular formula is C22H26FN3O. The maximum absolute atomic E-state index is 13.1. The van der Waals surface area contributed by atoms with Crippen molar-refractivity contribution in [2.24, 2.45) is 13.0 Å². The van der Waals surface area contributed by atoms with Crippen LogP contribution in [0.25, 0.3) is 22.2 Å². The molecule has 0 fully saturated rings. The highest BCUT2D eigenvalue weighted by Gasteiger charge is 2.16. The molecule has 1 amide bonds. The van der Waals surface area contributed by atoms with Crippen LogP contribution in [0.1, 0.15) is 43.7 Å². The largest absolute Gasteiger partial charge is 0.349 e. The number of aryl methyl sites for hydroxylation is 1. The fourth-order valence-electron chi connectivity index (χ4n) is 3.23. The molecule has 0 saturated heterocycles. The van der Waals surface area contributed by atoms with E-state index in [2.05, 4.69) is 24.1 Å². The summed E-state index contributed by atoms with van der Waals surface area (Å²) >= 11 is 0. The Morgan fingerprint density at radius 3 is 2.59 bits per heavy atom. The van der Waals surface area contributed by atoms with E-state index in [1.165, 1.54) is 25.0 Å². The fraction of sp³-hybridized carbons (Fsp3) is 0.364. The number of nitrogens with one attached hydrogen (secondary N) is 1. The topological polar surface area (TPSA) is 46.9 Å². The van der Waals surface area contributed by atoms with Gasteiger partial charge in [0, 0.05) is 13.6 Å². The predicted octanol–water partition coefficient (Wildman–Crippen LogP) is 4.94. The van der Waals surface area contributed by atoms with Gasteiger partial charge in [-0.2, -0.15) is 0 Å². The Hall–Kier alpha value is -2.69. The smallest absolute Gasteiger partial charge is 0.287 e. The number of rotatable bonds is 7. The number of nitrogens with zero attached hydrogens (tertiary/aromatic N) is 2. The molecule has 0 aliphatic rings. The molecule has 0 spiro atoms. The number of carbonyl (C=O) groups excluding carboxylic acids is 1. The number of unbranched alkanes of at least 4 members (excludes halogenated alkanes) is 1. The molecule has 1 heterocycles. The lowest BCUT2D eigenvalue weighted by molar-refractivity contribution is 0.0934. The molecule has 0 unspecified atom stereocenters. The Morgan fingerprint density at radius 1 is 1.19 bits per heavy atom. The van der Waals surface area contributed by atoms with Gasteiger partial charge in [0.05, 0.1) is 11.0 Å². The molecule has 1 N–H and O–H groups in total. The van der Waals surface area contributed by atoms with Crippen molar-refractivity contribution in [1.82, 2.24) is 14.9 Å². The summed E-state index contributed by atoms with van der Waals surface area (Å²) in [5.74, 6) is 0.447. The molecule has 0 radical (unpaired) electrons. The van der Waals surface area contributed by atoms with Crippen LogP contribution in [0.15, 0.2) is 42.5 Å². The Labute approximate surface area is 159 Å². The van der Waals surface area contributed by atoms with E-state index in [0.29, 0.717) is 18.3 Å². The summed E-state index contributed by atoms with van der Waals surface area (Å²) in [5.41, 5.74) is 3.51. The summed E-state index contributed by atoms with van der Waals surface area (Å²) in [6.07, 6.45) is 3.45. The second-order valence-corrected chi connectivity index (χ2v) is 7.16. The van der Waals surface area contributed by atoms with E-state index in [1.54, 1.807) is 12.1 Å². The second-order valence-electron chi connectivity index (χ2n) is 7.16. The molecule has 3 rings (SSSR count). The number of halogens is 1. The minimum Gasteiger partial charge on any atom is -0.349 e. The highest BCUT2D eigenvalue weighted by Crippen LogP contribution is 2.25. The van der Waals surface area contributed by atoms with Gasteiger partial charge in [0.15, 0.2) is 5.82 Å². The Kier molecular flexibility index (Phi) is 5.89. The average Bonchev–Trinajstić information content (AvgIpc) is 3.01. The highest BCUT2D eigenvalue weighted by molar-refractivity contribution is 5.95. The lowest BCUT2D eigenvalue weighted by atomic mass is 10.0. The minimum atomic E-state index is -0.259. The van der Waals surface area contributed by atoms with Gasteiger partial charge in [-0.1, -0.05) is 44.9 Å². The first-order valence-corrected chi connectivity index (χ1v) is 9.50. The number of imidazole rings is 1. The van der Waals surface area contributed by atoms with Crippen LogP contribution in [0, 0.1) is 11.7 Å². The molecule has 4 nitrogen and oxygen atoms in total. The molecule has 5 heteroatoms. The van der Waals surface area contributed by atoms with Crippen molar-refractivity contribution < 1.29 is 9.18 Å². The van der Waals surface area contributed by atoms with Gasteiger partial charge in [0.25, 0.3) is 5.91 Å². The highest BCUT2D eigenvalue weighted by atomic mass is 19.1. The first-order valence-electron chi connectivity index (χ1n) is 9.50. The summed E-state index contributed by atoms with van der Waals surface area (Å²) in [6.45, 7) is 4.98. The maximum atomic E-state index is 13.1. The Morgan fingerprint density at radius 2 is 1.89 bits per heavy atom. The van der Waals surface area contributed by atoms with Crippen molar-refractivity contribution in [3.63, 3.8) is 0 Å². The van der Waals surface area contributed by atoms with Crippen molar-refractivity contribution in [3.8, 4) is 11.1 Å². The summed E-state index contributed by atoms with van der Waals surface area (Å²) in [4.78, 5) is 17.1. The van der Waals surface area contributed by atoms with Crippen LogP contribution >= 0.6 is 0 Å². The third-order valence-corrected chi connectivity index (χ3v) is 4.92. The van der Waals surface area contributed by atoms with Crippen LogP contribution in [0.2, 0.25) is 0 Å². The summed E-state index contributed by atoms with van der Waals surface area (Å²) in [6, 6.07) is 12.2.